The molecule has 7 heteroatoms. The summed E-state index contributed by atoms with van der Waals surface area (Å²) in [4.78, 5) is 40.5. The molecule has 0 spiro atoms. The molecule has 226 valence electrons. The van der Waals surface area contributed by atoms with E-state index in [0.29, 0.717) is 35.7 Å². The monoisotopic (exact) mass is 590 g/mol. The highest BCUT2D eigenvalue weighted by atomic mass is 16.5. The number of amides is 1. The van der Waals surface area contributed by atoms with Crippen LogP contribution in [-0.2, 0) is 16.0 Å². The number of anilines is 2. The van der Waals surface area contributed by atoms with E-state index >= 15 is 0 Å². The van der Waals surface area contributed by atoms with Gasteiger partial charge in [-0.2, -0.15) is 0 Å². The number of hydrogen-bond donors (Lipinski definition) is 2. The van der Waals surface area contributed by atoms with E-state index in [2.05, 4.69) is 5.32 Å². The number of aliphatic carboxylic acids is 1. The lowest BCUT2D eigenvalue weighted by atomic mass is 10.00. The van der Waals surface area contributed by atoms with E-state index in [1.165, 1.54) is 0 Å². The van der Waals surface area contributed by atoms with E-state index in [9.17, 15) is 19.5 Å². The molecular formula is C37H38N2O5. The molecule has 1 atom stereocenters. The number of aryl methyl sites for hydroxylation is 1. The molecule has 7 nitrogen and oxygen atoms in total. The minimum absolute atomic E-state index is 0.0646. The molecule has 0 radical (unpaired) electrons. The summed E-state index contributed by atoms with van der Waals surface area (Å²) in [5, 5.41) is 13.1. The highest BCUT2D eigenvalue weighted by Crippen LogP contribution is 2.29. The molecule has 1 aliphatic rings. The first-order chi connectivity index (χ1) is 21.4. The molecular weight excluding hydrogens is 552 g/mol. The minimum atomic E-state index is -1.02. The van der Waals surface area contributed by atoms with Gasteiger partial charge in [-0.15, -0.1) is 0 Å². The van der Waals surface area contributed by atoms with Crippen LogP contribution in [0.5, 0.6) is 5.75 Å². The summed E-state index contributed by atoms with van der Waals surface area (Å²) < 4.78 is 6.02. The SMILES string of the molecule is Cc1ccc(N(CCOc2ccc(C[C@H](Nc3ccccc3C(=O)c3ccccc3)C(=O)O)cc2)C(=O)C2CCCC2)cc1. The zero-order chi connectivity index (χ0) is 30.9. The summed E-state index contributed by atoms with van der Waals surface area (Å²) in [5.41, 5.74) is 4.25. The summed E-state index contributed by atoms with van der Waals surface area (Å²) in [7, 11) is 0. The Hall–Kier alpha value is -4.91. The summed E-state index contributed by atoms with van der Waals surface area (Å²) in [5.74, 6) is -0.329. The fraction of sp³-hybridized carbons (Fsp3) is 0.270. The van der Waals surface area contributed by atoms with Gasteiger partial charge in [-0.05, 0) is 61.7 Å². The predicted octanol–water partition coefficient (Wildman–Crippen LogP) is 6.94. The first-order valence-electron chi connectivity index (χ1n) is 15.2. The van der Waals surface area contributed by atoms with Crippen molar-refractivity contribution in [2.24, 2.45) is 5.92 Å². The van der Waals surface area contributed by atoms with Crippen LogP contribution < -0.4 is 15.0 Å². The lowest BCUT2D eigenvalue weighted by Gasteiger charge is -2.26. The van der Waals surface area contributed by atoms with E-state index in [0.717, 1.165) is 42.5 Å². The average Bonchev–Trinajstić information content (AvgIpc) is 3.60. The molecule has 0 saturated heterocycles. The van der Waals surface area contributed by atoms with Crippen molar-refractivity contribution in [3.05, 3.63) is 125 Å². The van der Waals surface area contributed by atoms with Crippen molar-refractivity contribution in [2.75, 3.05) is 23.4 Å². The third-order valence-electron chi connectivity index (χ3n) is 8.10. The number of hydrogen-bond acceptors (Lipinski definition) is 5. The maximum absolute atomic E-state index is 13.3. The Balaban J connectivity index is 1.21. The van der Waals surface area contributed by atoms with Gasteiger partial charge in [0, 0.05) is 34.8 Å². The predicted molar refractivity (Wildman–Crippen MR) is 172 cm³/mol. The van der Waals surface area contributed by atoms with Crippen LogP contribution in [0, 0.1) is 12.8 Å². The van der Waals surface area contributed by atoms with Gasteiger partial charge in [0.15, 0.2) is 5.78 Å². The van der Waals surface area contributed by atoms with Crippen molar-refractivity contribution in [3.8, 4) is 5.75 Å². The van der Waals surface area contributed by atoms with Gasteiger partial charge in [0.2, 0.25) is 5.91 Å². The van der Waals surface area contributed by atoms with Crippen LogP contribution in [0.4, 0.5) is 11.4 Å². The van der Waals surface area contributed by atoms with Gasteiger partial charge in [-0.3, -0.25) is 9.59 Å². The number of nitrogens with one attached hydrogen (secondary N) is 1. The van der Waals surface area contributed by atoms with E-state index in [4.69, 9.17) is 4.74 Å². The van der Waals surface area contributed by atoms with Crippen LogP contribution in [0.15, 0.2) is 103 Å². The smallest absolute Gasteiger partial charge is 0.326 e. The number of para-hydroxylation sites is 1. The third-order valence-corrected chi connectivity index (χ3v) is 8.10. The van der Waals surface area contributed by atoms with Crippen molar-refractivity contribution in [1.82, 2.24) is 0 Å². The Morgan fingerprint density at radius 3 is 2.20 bits per heavy atom. The molecule has 2 N–H and O–H groups in total. The zero-order valence-corrected chi connectivity index (χ0v) is 24.9. The Bertz CT molecular complexity index is 1560. The van der Waals surface area contributed by atoms with E-state index < -0.39 is 12.0 Å². The largest absolute Gasteiger partial charge is 0.492 e. The number of nitrogens with zero attached hydrogens (tertiary/aromatic N) is 1. The van der Waals surface area contributed by atoms with E-state index in [1.807, 2.05) is 66.4 Å². The fourth-order valence-electron chi connectivity index (χ4n) is 5.64. The van der Waals surface area contributed by atoms with Crippen molar-refractivity contribution < 1.29 is 24.2 Å². The summed E-state index contributed by atoms with van der Waals surface area (Å²) in [6.07, 6.45) is 4.27. The Morgan fingerprint density at radius 1 is 0.864 bits per heavy atom. The number of carboxylic acids is 1. The molecule has 0 unspecified atom stereocenters. The van der Waals surface area contributed by atoms with E-state index in [-0.39, 0.29) is 24.0 Å². The standard InChI is InChI=1S/C37H38N2O5/c1-26-15-19-30(20-16-26)39(36(41)29-11-5-6-12-29)23-24-44-31-21-17-27(18-22-31)25-34(37(42)43)38-33-14-8-7-13-32(33)35(40)28-9-3-2-4-10-28/h2-4,7-10,13-22,29,34,38H,5-6,11-12,23-25H2,1H3,(H,42,43)/t34-/m0/s1. The molecule has 1 amide bonds. The molecule has 5 rings (SSSR count). The van der Waals surface area contributed by atoms with Crippen LogP contribution in [0.25, 0.3) is 0 Å². The number of ketones is 1. The van der Waals surface area contributed by atoms with E-state index in [1.54, 1.807) is 48.5 Å². The number of carbonyl (C=O) groups excluding carboxylic acids is 2. The van der Waals surface area contributed by atoms with Gasteiger partial charge in [0.1, 0.15) is 18.4 Å². The van der Waals surface area contributed by atoms with Gasteiger partial charge in [0.05, 0.1) is 6.54 Å². The third kappa shape index (κ3) is 7.72. The molecule has 4 aromatic rings. The molecule has 0 aromatic heterocycles. The Kier molecular flexibility index (Phi) is 10.1. The molecule has 1 fully saturated rings. The number of ether oxygens (including phenoxy) is 1. The molecule has 0 aliphatic heterocycles. The zero-order valence-electron chi connectivity index (χ0n) is 24.9. The molecule has 1 saturated carbocycles. The number of benzene rings is 4. The molecule has 4 aromatic carbocycles. The molecule has 0 heterocycles. The van der Waals surface area contributed by atoms with Gasteiger partial charge in [-0.25, -0.2) is 4.79 Å². The maximum Gasteiger partial charge on any atom is 0.326 e. The van der Waals surface area contributed by atoms with Gasteiger partial charge in [-0.1, -0.05) is 85.1 Å². The molecule has 1 aliphatic carbocycles. The quantitative estimate of drug-likeness (QED) is 0.164. The highest BCUT2D eigenvalue weighted by molar-refractivity contribution is 6.12. The van der Waals surface area contributed by atoms with Crippen LogP contribution >= 0.6 is 0 Å². The van der Waals surface area contributed by atoms with Crippen LogP contribution in [0.2, 0.25) is 0 Å². The van der Waals surface area contributed by atoms with Crippen molar-refractivity contribution >= 4 is 29.0 Å². The number of rotatable bonds is 13. The van der Waals surface area contributed by atoms with Crippen molar-refractivity contribution in [3.63, 3.8) is 0 Å². The first-order valence-corrected chi connectivity index (χ1v) is 15.2. The van der Waals surface area contributed by atoms with Gasteiger partial charge >= 0.3 is 5.97 Å². The number of carbonyl (C=O) groups is 3. The summed E-state index contributed by atoms with van der Waals surface area (Å²) >= 11 is 0. The first kappa shape index (κ1) is 30.5. The second-order valence-electron chi connectivity index (χ2n) is 11.3. The second-order valence-corrected chi connectivity index (χ2v) is 11.3. The second kappa shape index (κ2) is 14.5. The van der Waals surface area contributed by atoms with Crippen LogP contribution in [0.1, 0.15) is 52.7 Å². The average molecular weight is 591 g/mol. The van der Waals surface area contributed by atoms with Gasteiger partial charge < -0.3 is 20.1 Å². The number of carboxylic acid groups (broad SMARTS) is 1. The van der Waals surface area contributed by atoms with Crippen LogP contribution in [0.3, 0.4) is 0 Å². The van der Waals surface area contributed by atoms with Gasteiger partial charge in [0.25, 0.3) is 0 Å². The summed E-state index contributed by atoms with van der Waals surface area (Å²) in [6.45, 7) is 2.80. The summed E-state index contributed by atoms with van der Waals surface area (Å²) in [6, 6.07) is 30.3. The molecule has 44 heavy (non-hydrogen) atoms. The topological polar surface area (TPSA) is 95.9 Å². The molecule has 0 bridgehead atoms. The fourth-order valence-corrected chi connectivity index (χ4v) is 5.64. The maximum atomic E-state index is 13.3. The van der Waals surface area contributed by atoms with Crippen molar-refractivity contribution in [1.29, 1.82) is 0 Å². The highest BCUT2D eigenvalue weighted by Gasteiger charge is 2.28. The van der Waals surface area contributed by atoms with Crippen LogP contribution in [-0.4, -0.2) is 42.0 Å². The Morgan fingerprint density at radius 2 is 1.52 bits per heavy atom. The minimum Gasteiger partial charge on any atom is -0.492 e. The lowest BCUT2D eigenvalue weighted by Crippen LogP contribution is -2.38. The Labute approximate surface area is 258 Å². The lowest BCUT2D eigenvalue weighted by molar-refractivity contribution is -0.137. The normalized spacial score (nSPS) is 13.7. The van der Waals surface area contributed by atoms with Crippen molar-refractivity contribution in [2.45, 2.75) is 45.1 Å².